The normalized spacial score (nSPS) is 10.3. The third-order valence-electron chi connectivity index (χ3n) is 3.19. The molecule has 2 aromatic carbocycles. The summed E-state index contributed by atoms with van der Waals surface area (Å²) in [6, 6.07) is 13.8. The van der Waals surface area contributed by atoms with E-state index in [4.69, 9.17) is 4.74 Å². The predicted molar refractivity (Wildman–Crippen MR) is 90.0 cm³/mol. The Morgan fingerprint density at radius 1 is 0.913 bits per heavy atom. The fourth-order valence-corrected chi connectivity index (χ4v) is 2.15. The quantitative estimate of drug-likeness (QED) is 0.891. The number of ether oxygens (including phenoxy) is 1. The number of carbonyl (C=O) groups excluding carboxylic acids is 2. The van der Waals surface area contributed by atoms with Crippen LogP contribution >= 0.6 is 0 Å². The van der Waals surface area contributed by atoms with Crippen molar-refractivity contribution >= 4 is 17.5 Å². The van der Waals surface area contributed by atoms with Crippen LogP contribution in [0.25, 0.3) is 0 Å². The highest BCUT2D eigenvalue weighted by Crippen LogP contribution is 2.21. The molecule has 0 saturated carbocycles. The van der Waals surface area contributed by atoms with Crippen molar-refractivity contribution in [1.29, 1.82) is 0 Å². The van der Waals surface area contributed by atoms with Gasteiger partial charge in [-0.25, -0.2) is 0 Å². The van der Waals surface area contributed by atoms with Crippen LogP contribution < -0.4 is 15.4 Å². The van der Waals surface area contributed by atoms with Gasteiger partial charge in [-0.15, -0.1) is 0 Å². The molecule has 0 aliphatic carbocycles. The molecule has 2 aromatic rings. The van der Waals surface area contributed by atoms with E-state index in [0.717, 1.165) is 0 Å². The molecular weight excluding hydrogens is 292 g/mol. The largest absolute Gasteiger partial charge is 0.496 e. The van der Waals surface area contributed by atoms with Gasteiger partial charge in [0.1, 0.15) is 5.75 Å². The van der Waals surface area contributed by atoms with Crippen LogP contribution in [-0.2, 0) is 0 Å². The zero-order chi connectivity index (χ0) is 16.8. The van der Waals surface area contributed by atoms with E-state index in [9.17, 15) is 9.59 Å². The summed E-state index contributed by atoms with van der Waals surface area (Å²) in [4.78, 5) is 24.7. The molecule has 120 valence electrons. The SMILES string of the molecule is COc1ccccc1C(=O)Nc1ccccc1C(=O)NC(C)C. The number of rotatable bonds is 5. The van der Waals surface area contributed by atoms with Gasteiger partial charge in [-0.2, -0.15) is 0 Å². The first kappa shape index (κ1) is 16.5. The van der Waals surface area contributed by atoms with Crippen molar-refractivity contribution in [2.75, 3.05) is 12.4 Å². The smallest absolute Gasteiger partial charge is 0.259 e. The topological polar surface area (TPSA) is 67.4 Å². The van der Waals surface area contributed by atoms with Crippen molar-refractivity contribution in [1.82, 2.24) is 5.32 Å². The van der Waals surface area contributed by atoms with Crippen LogP contribution in [0.15, 0.2) is 48.5 Å². The minimum atomic E-state index is -0.327. The van der Waals surface area contributed by atoms with E-state index in [-0.39, 0.29) is 17.9 Å². The van der Waals surface area contributed by atoms with Crippen molar-refractivity contribution in [3.63, 3.8) is 0 Å². The number of para-hydroxylation sites is 2. The minimum Gasteiger partial charge on any atom is -0.496 e. The molecule has 0 bridgehead atoms. The van der Waals surface area contributed by atoms with Crippen LogP contribution in [0.5, 0.6) is 5.75 Å². The number of methoxy groups -OCH3 is 1. The van der Waals surface area contributed by atoms with Crippen molar-refractivity contribution in [2.45, 2.75) is 19.9 Å². The maximum absolute atomic E-state index is 12.5. The van der Waals surface area contributed by atoms with E-state index < -0.39 is 0 Å². The van der Waals surface area contributed by atoms with Crippen LogP contribution in [0.2, 0.25) is 0 Å². The van der Waals surface area contributed by atoms with Gasteiger partial charge in [0.25, 0.3) is 11.8 Å². The molecule has 5 heteroatoms. The van der Waals surface area contributed by atoms with Gasteiger partial charge in [-0.05, 0) is 38.1 Å². The summed E-state index contributed by atoms with van der Waals surface area (Å²) < 4.78 is 5.19. The number of hydrogen-bond acceptors (Lipinski definition) is 3. The number of amides is 2. The van der Waals surface area contributed by atoms with Gasteiger partial charge in [0.05, 0.1) is 23.9 Å². The van der Waals surface area contributed by atoms with Crippen LogP contribution in [0.3, 0.4) is 0 Å². The standard InChI is InChI=1S/C18H20N2O3/c1-12(2)19-17(21)13-8-4-6-10-15(13)20-18(22)14-9-5-7-11-16(14)23-3/h4-12H,1-3H3,(H,19,21)(H,20,22). The van der Waals surface area contributed by atoms with Crippen molar-refractivity contribution in [2.24, 2.45) is 0 Å². The van der Waals surface area contributed by atoms with E-state index in [0.29, 0.717) is 22.6 Å². The lowest BCUT2D eigenvalue weighted by molar-refractivity contribution is 0.0944. The van der Waals surface area contributed by atoms with Gasteiger partial charge in [0.2, 0.25) is 0 Å². The highest BCUT2D eigenvalue weighted by Gasteiger charge is 2.16. The predicted octanol–water partition coefficient (Wildman–Crippen LogP) is 3.09. The molecular formula is C18H20N2O3. The van der Waals surface area contributed by atoms with Gasteiger partial charge in [0, 0.05) is 6.04 Å². The zero-order valence-electron chi connectivity index (χ0n) is 13.4. The van der Waals surface area contributed by atoms with Crippen LogP contribution in [0.1, 0.15) is 34.6 Å². The van der Waals surface area contributed by atoms with Gasteiger partial charge >= 0.3 is 0 Å². The Hall–Kier alpha value is -2.82. The molecule has 2 amide bonds. The van der Waals surface area contributed by atoms with Gasteiger partial charge in [0.15, 0.2) is 0 Å². The van der Waals surface area contributed by atoms with Crippen molar-refractivity contribution in [3.05, 3.63) is 59.7 Å². The molecule has 0 heterocycles. The van der Waals surface area contributed by atoms with Gasteiger partial charge in [-0.3, -0.25) is 9.59 Å². The summed E-state index contributed by atoms with van der Waals surface area (Å²) in [5.41, 5.74) is 1.29. The first-order valence-corrected chi connectivity index (χ1v) is 7.37. The molecule has 0 radical (unpaired) electrons. The first-order valence-electron chi connectivity index (χ1n) is 7.37. The molecule has 5 nitrogen and oxygen atoms in total. The Bertz CT molecular complexity index is 711. The molecule has 0 saturated heterocycles. The highest BCUT2D eigenvalue weighted by molar-refractivity contribution is 6.10. The molecule has 0 unspecified atom stereocenters. The Balaban J connectivity index is 2.26. The molecule has 0 aliphatic heterocycles. The van der Waals surface area contributed by atoms with Gasteiger partial charge < -0.3 is 15.4 Å². The molecule has 0 aliphatic rings. The van der Waals surface area contributed by atoms with Crippen LogP contribution in [-0.4, -0.2) is 25.0 Å². The van der Waals surface area contributed by atoms with E-state index in [2.05, 4.69) is 10.6 Å². The maximum atomic E-state index is 12.5. The number of anilines is 1. The third kappa shape index (κ3) is 4.10. The second-order valence-corrected chi connectivity index (χ2v) is 5.33. The lowest BCUT2D eigenvalue weighted by atomic mass is 10.1. The van der Waals surface area contributed by atoms with E-state index >= 15 is 0 Å². The average molecular weight is 312 g/mol. The fraction of sp³-hybridized carbons (Fsp3) is 0.222. The fourth-order valence-electron chi connectivity index (χ4n) is 2.15. The molecule has 0 spiro atoms. The van der Waals surface area contributed by atoms with Crippen LogP contribution in [0.4, 0.5) is 5.69 Å². The zero-order valence-corrected chi connectivity index (χ0v) is 13.4. The molecule has 0 fully saturated rings. The number of nitrogens with one attached hydrogen (secondary N) is 2. The lowest BCUT2D eigenvalue weighted by Crippen LogP contribution is -2.31. The molecule has 0 aromatic heterocycles. The van der Waals surface area contributed by atoms with E-state index in [1.807, 2.05) is 13.8 Å². The summed E-state index contributed by atoms with van der Waals surface area (Å²) in [7, 11) is 1.51. The van der Waals surface area contributed by atoms with Crippen molar-refractivity contribution < 1.29 is 14.3 Å². The molecule has 2 N–H and O–H groups in total. The van der Waals surface area contributed by atoms with E-state index in [1.165, 1.54) is 7.11 Å². The second-order valence-electron chi connectivity index (χ2n) is 5.33. The first-order chi connectivity index (χ1) is 11.0. The molecule has 23 heavy (non-hydrogen) atoms. The Labute approximate surface area is 135 Å². The Morgan fingerprint density at radius 3 is 2.17 bits per heavy atom. The lowest BCUT2D eigenvalue weighted by Gasteiger charge is -2.14. The average Bonchev–Trinajstić information content (AvgIpc) is 2.54. The number of hydrogen-bond donors (Lipinski definition) is 2. The second kappa shape index (κ2) is 7.45. The summed E-state index contributed by atoms with van der Waals surface area (Å²) in [5.74, 6) is -0.0720. The van der Waals surface area contributed by atoms with Crippen molar-refractivity contribution in [3.8, 4) is 5.75 Å². The Morgan fingerprint density at radius 2 is 1.52 bits per heavy atom. The molecule has 0 atom stereocenters. The monoisotopic (exact) mass is 312 g/mol. The number of benzene rings is 2. The maximum Gasteiger partial charge on any atom is 0.259 e. The summed E-state index contributed by atoms with van der Waals surface area (Å²) in [5, 5.41) is 5.60. The van der Waals surface area contributed by atoms with Crippen LogP contribution in [0, 0.1) is 0 Å². The van der Waals surface area contributed by atoms with Gasteiger partial charge in [-0.1, -0.05) is 24.3 Å². The third-order valence-corrected chi connectivity index (χ3v) is 3.19. The molecule has 2 rings (SSSR count). The number of carbonyl (C=O) groups is 2. The highest BCUT2D eigenvalue weighted by atomic mass is 16.5. The summed E-state index contributed by atoms with van der Waals surface area (Å²) >= 11 is 0. The summed E-state index contributed by atoms with van der Waals surface area (Å²) in [6.45, 7) is 3.77. The minimum absolute atomic E-state index is 0.0143. The summed E-state index contributed by atoms with van der Waals surface area (Å²) in [6.07, 6.45) is 0. The van der Waals surface area contributed by atoms with E-state index in [1.54, 1.807) is 48.5 Å². The Kier molecular flexibility index (Phi) is 5.36.